The summed E-state index contributed by atoms with van der Waals surface area (Å²) in [6, 6.07) is 2.91. The summed E-state index contributed by atoms with van der Waals surface area (Å²) in [6.45, 7) is 1.10. The van der Waals surface area contributed by atoms with Crippen molar-refractivity contribution in [1.82, 2.24) is 4.90 Å². The Labute approximate surface area is 131 Å². The van der Waals surface area contributed by atoms with E-state index in [-0.39, 0.29) is 24.1 Å². The number of likely N-dealkylation sites (tertiary alicyclic amines) is 1. The fourth-order valence-corrected chi connectivity index (χ4v) is 3.02. The molecule has 1 saturated heterocycles. The summed E-state index contributed by atoms with van der Waals surface area (Å²) >= 11 is 0. The molecule has 1 fully saturated rings. The SMILES string of the molecule is Cc1c(F)cccc1C1C(C(=O)O)CC(C(=O)O)CN1C(=O)O. The maximum absolute atomic E-state index is 13.8. The van der Waals surface area contributed by atoms with Crippen molar-refractivity contribution in [2.75, 3.05) is 6.54 Å². The summed E-state index contributed by atoms with van der Waals surface area (Å²) in [6.07, 6.45) is -1.65. The quantitative estimate of drug-likeness (QED) is 0.782. The molecular formula is C15H16FNO6. The molecule has 0 aliphatic carbocycles. The van der Waals surface area contributed by atoms with Crippen LogP contribution < -0.4 is 0 Å². The first-order valence-electron chi connectivity index (χ1n) is 6.94. The van der Waals surface area contributed by atoms with Gasteiger partial charge in [0.05, 0.1) is 17.9 Å². The topological polar surface area (TPSA) is 115 Å². The Morgan fingerprint density at radius 3 is 2.35 bits per heavy atom. The Morgan fingerprint density at radius 2 is 1.83 bits per heavy atom. The number of benzene rings is 1. The molecule has 0 aromatic heterocycles. The van der Waals surface area contributed by atoms with E-state index in [1.165, 1.54) is 25.1 Å². The summed E-state index contributed by atoms with van der Waals surface area (Å²) in [5.41, 5.74) is 0.396. The fraction of sp³-hybridized carbons (Fsp3) is 0.400. The lowest BCUT2D eigenvalue weighted by molar-refractivity contribution is -0.152. The molecule has 1 aliphatic rings. The lowest BCUT2D eigenvalue weighted by Gasteiger charge is -2.41. The van der Waals surface area contributed by atoms with Crippen molar-refractivity contribution in [2.45, 2.75) is 19.4 Å². The van der Waals surface area contributed by atoms with Crippen LogP contribution in [0.4, 0.5) is 9.18 Å². The molecule has 0 spiro atoms. The minimum Gasteiger partial charge on any atom is -0.481 e. The first-order chi connectivity index (χ1) is 10.7. The van der Waals surface area contributed by atoms with Crippen LogP contribution in [0.25, 0.3) is 0 Å². The maximum Gasteiger partial charge on any atom is 0.407 e. The van der Waals surface area contributed by atoms with Gasteiger partial charge in [-0.3, -0.25) is 14.5 Å². The molecule has 0 bridgehead atoms. The summed E-state index contributed by atoms with van der Waals surface area (Å²) in [5, 5.41) is 27.9. The van der Waals surface area contributed by atoms with Gasteiger partial charge in [-0.1, -0.05) is 12.1 Å². The van der Waals surface area contributed by atoms with E-state index in [0.717, 1.165) is 4.90 Å². The lowest BCUT2D eigenvalue weighted by Crippen LogP contribution is -2.50. The van der Waals surface area contributed by atoms with Gasteiger partial charge in [0.2, 0.25) is 0 Å². The van der Waals surface area contributed by atoms with E-state index < -0.39 is 41.7 Å². The third-order valence-corrected chi connectivity index (χ3v) is 4.21. The third-order valence-electron chi connectivity index (χ3n) is 4.21. The molecule has 0 saturated carbocycles. The highest BCUT2D eigenvalue weighted by Crippen LogP contribution is 2.40. The van der Waals surface area contributed by atoms with Crippen LogP contribution in [0, 0.1) is 24.6 Å². The van der Waals surface area contributed by atoms with Crippen LogP contribution in [-0.2, 0) is 9.59 Å². The Kier molecular flexibility index (Phi) is 4.53. The van der Waals surface area contributed by atoms with Crippen molar-refractivity contribution in [3.05, 3.63) is 35.1 Å². The van der Waals surface area contributed by atoms with Gasteiger partial charge in [-0.25, -0.2) is 9.18 Å². The van der Waals surface area contributed by atoms with Crippen LogP contribution >= 0.6 is 0 Å². The van der Waals surface area contributed by atoms with Crippen LogP contribution in [0.15, 0.2) is 18.2 Å². The van der Waals surface area contributed by atoms with Crippen molar-refractivity contribution in [2.24, 2.45) is 11.8 Å². The van der Waals surface area contributed by atoms with Crippen molar-refractivity contribution < 1.29 is 34.1 Å². The largest absolute Gasteiger partial charge is 0.481 e. The molecular weight excluding hydrogens is 309 g/mol. The zero-order chi connectivity index (χ0) is 17.3. The lowest BCUT2D eigenvalue weighted by atomic mass is 9.79. The second kappa shape index (κ2) is 6.23. The number of aliphatic carboxylic acids is 2. The fourth-order valence-electron chi connectivity index (χ4n) is 3.02. The third kappa shape index (κ3) is 3.10. The second-order valence-electron chi connectivity index (χ2n) is 5.55. The minimum atomic E-state index is -1.43. The van der Waals surface area contributed by atoms with Crippen molar-refractivity contribution in [1.29, 1.82) is 0 Å². The van der Waals surface area contributed by atoms with Gasteiger partial charge in [-0.05, 0) is 30.5 Å². The highest BCUT2D eigenvalue weighted by Gasteiger charge is 2.45. The molecule has 1 aromatic carbocycles. The Balaban J connectivity index is 2.55. The number of piperidine rings is 1. The molecule has 3 unspecified atom stereocenters. The van der Waals surface area contributed by atoms with E-state index in [9.17, 15) is 29.0 Å². The highest BCUT2D eigenvalue weighted by molar-refractivity contribution is 5.78. The zero-order valence-corrected chi connectivity index (χ0v) is 12.3. The predicted octanol–water partition coefficient (Wildman–Crippen LogP) is 1.96. The minimum absolute atomic E-state index is 0.156. The molecule has 1 aliphatic heterocycles. The molecule has 0 radical (unpaired) electrons. The number of carboxylic acids is 2. The second-order valence-corrected chi connectivity index (χ2v) is 5.55. The van der Waals surface area contributed by atoms with E-state index in [1.54, 1.807) is 0 Å². The van der Waals surface area contributed by atoms with Gasteiger partial charge in [0.1, 0.15) is 5.82 Å². The van der Waals surface area contributed by atoms with E-state index in [1.807, 2.05) is 0 Å². The average Bonchev–Trinajstić information content (AvgIpc) is 2.48. The smallest absolute Gasteiger partial charge is 0.407 e. The first kappa shape index (κ1) is 16.7. The number of halogens is 1. The monoisotopic (exact) mass is 325 g/mol. The molecule has 8 heteroatoms. The predicted molar refractivity (Wildman–Crippen MR) is 75.5 cm³/mol. The maximum atomic E-state index is 13.8. The number of rotatable bonds is 3. The van der Waals surface area contributed by atoms with Crippen molar-refractivity contribution >= 4 is 18.0 Å². The Hall–Kier alpha value is -2.64. The van der Waals surface area contributed by atoms with Crippen LogP contribution in [-0.4, -0.2) is 44.8 Å². The first-order valence-corrected chi connectivity index (χ1v) is 6.94. The van der Waals surface area contributed by atoms with Crippen LogP contribution in [0.2, 0.25) is 0 Å². The highest BCUT2D eigenvalue weighted by atomic mass is 19.1. The van der Waals surface area contributed by atoms with E-state index in [0.29, 0.717) is 0 Å². The Bertz CT molecular complexity index is 637. The van der Waals surface area contributed by atoms with E-state index >= 15 is 0 Å². The standard InChI is InChI=1S/C15H16FNO6/c1-7-9(3-2-4-11(7)16)12-10(14(20)21)5-8(13(18)19)6-17(12)15(22)23/h2-4,8,10,12H,5-6H2,1H3,(H,18,19)(H,20,21)(H,22,23). The summed E-state index contributed by atoms with van der Waals surface area (Å²) in [7, 11) is 0. The zero-order valence-electron chi connectivity index (χ0n) is 12.3. The van der Waals surface area contributed by atoms with Crippen molar-refractivity contribution in [3.8, 4) is 0 Å². The molecule has 3 atom stereocenters. The van der Waals surface area contributed by atoms with Gasteiger partial charge in [0, 0.05) is 6.54 Å². The van der Waals surface area contributed by atoms with Gasteiger partial charge in [-0.15, -0.1) is 0 Å². The molecule has 2 rings (SSSR count). The van der Waals surface area contributed by atoms with E-state index in [2.05, 4.69) is 0 Å². The molecule has 3 N–H and O–H groups in total. The number of carboxylic acid groups (broad SMARTS) is 3. The molecule has 1 amide bonds. The molecule has 7 nitrogen and oxygen atoms in total. The molecule has 1 heterocycles. The number of hydrogen-bond donors (Lipinski definition) is 3. The number of nitrogens with zero attached hydrogens (tertiary/aromatic N) is 1. The van der Waals surface area contributed by atoms with Gasteiger partial charge in [-0.2, -0.15) is 0 Å². The summed E-state index contributed by atoms with van der Waals surface area (Å²) in [5.74, 6) is -5.51. The van der Waals surface area contributed by atoms with Crippen LogP contribution in [0.3, 0.4) is 0 Å². The number of hydrogen-bond acceptors (Lipinski definition) is 3. The molecule has 124 valence electrons. The summed E-state index contributed by atoms with van der Waals surface area (Å²) < 4.78 is 13.8. The normalized spacial score (nSPS) is 24.3. The number of carbonyl (C=O) groups is 3. The average molecular weight is 325 g/mol. The van der Waals surface area contributed by atoms with Gasteiger partial charge in [0.15, 0.2) is 0 Å². The van der Waals surface area contributed by atoms with Crippen LogP contribution in [0.5, 0.6) is 0 Å². The van der Waals surface area contributed by atoms with Crippen molar-refractivity contribution in [3.63, 3.8) is 0 Å². The summed E-state index contributed by atoms with van der Waals surface area (Å²) in [4.78, 5) is 35.0. The van der Waals surface area contributed by atoms with E-state index in [4.69, 9.17) is 5.11 Å². The van der Waals surface area contributed by atoms with Gasteiger partial charge < -0.3 is 15.3 Å². The van der Waals surface area contributed by atoms with Gasteiger partial charge in [0.25, 0.3) is 0 Å². The number of amides is 1. The molecule has 1 aromatic rings. The van der Waals surface area contributed by atoms with Gasteiger partial charge >= 0.3 is 18.0 Å². The van der Waals surface area contributed by atoms with Crippen LogP contribution in [0.1, 0.15) is 23.6 Å². The Morgan fingerprint density at radius 1 is 1.17 bits per heavy atom. The molecule has 23 heavy (non-hydrogen) atoms.